The van der Waals surface area contributed by atoms with Gasteiger partial charge in [-0.1, -0.05) is 97.2 Å². The van der Waals surface area contributed by atoms with Gasteiger partial charge in [0.1, 0.15) is 0 Å². The average Bonchev–Trinajstić information content (AvgIpc) is 3.04. The third-order valence-corrected chi connectivity index (χ3v) is 3.96. The molecule has 1 aliphatic rings. The van der Waals surface area contributed by atoms with Crippen molar-refractivity contribution >= 4 is 24.0 Å². The molecule has 7 heteroatoms. The highest BCUT2D eigenvalue weighted by atomic mass is 16.5. The van der Waals surface area contributed by atoms with Crippen molar-refractivity contribution in [2.24, 2.45) is 0 Å². The van der Waals surface area contributed by atoms with E-state index in [0.29, 0.717) is 23.5 Å². The standard InChI is InChI=1S/C9H8O2.C8H12O3.C6H8.C5H8O2.3C2H6/c1-2-7-3-5-8(6-4-7)9(10)11;1-6(8(9)10)4-5-7(2)11-3;1-2-4-6-5-3-1;1-3-5(6)7-4-2;3*1-2/h2-6H,1H2,(H,10,11);4-5H,1-3H3,(H,9,10);1-4H,5-6H2;3H,1,4H2,2H3;3*1-2H3/b;6-4+,7-5+;;;;;. The molecule has 0 unspecified atom stereocenters. The SMILES string of the molecule is C1=CCCC=C1.C=CC(=O)OCC.C=Cc1ccc(C(=O)O)cc1.CC.CC.CC.CO/C(C)=C/C=C(\C)C(=O)O. The first-order chi connectivity index (χ1) is 19.6. The van der Waals surface area contributed by atoms with Gasteiger partial charge in [0.2, 0.25) is 0 Å². The van der Waals surface area contributed by atoms with Gasteiger partial charge in [0.15, 0.2) is 0 Å². The second-order valence-electron chi connectivity index (χ2n) is 6.66. The lowest BCUT2D eigenvalue weighted by molar-refractivity contribution is -0.137. The lowest BCUT2D eigenvalue weighted by Gasteiger charge is -1.94. The Morgan fingerprint density at radius 3 is 1.56 bits per heavy atom. The third kappa shape index (κ3) is 35.9. The number of carbonyl (C=O) groups is 3. The summed E-state index contributed by atoms with van der Waals surface area (Å²) in [7, 11) is 1.54. The highest BCUT2D eigenvalue weighted by Gasteiger charge is 1.99. The molecule has 0 aromatic heterocycles. The van der Waals surface area contributed by atoms with Gasteiger partial charge in [-0.15, -0.1) is 0 Å². The van der Waals surface area contributed by atoms with E-state index in [2.05, 4.69) is 42.2 Å². The molecule has 0 heterocycles. The highest BCUT2D eigenvalue weighted by molar-refractivity contribution is 5.87. The van der Waals surface area contributed by atoms with E-state index in [0.717, 1.165) is 11.6 Å². The predicted octanol–water partition coefficient (Wildman–Crippen LogP) is 9.30. The first kappa shape index (κ1) is 46.7. The summed E-state index contributed by atoms with van der Waals surface area (Å²) in [6.45, 7) is 24.2. The van der Waals surface area contributed by atoms with E-state index in [4.69, 9.17) is 14.9 Å². The maximum atomic E-state index is 10.4. The molecule has 0 amide bonds. The first-order valence-corrected chi connectivity index (χ1v) is 13.8. The van der Waals surface area contributed by atoms with Crippen molar-refractivity contribution < 1.29 is 34.1 Å². The van der Waals surface area contributed by atoms with Crippen LogP contribution in [0, 0.1) is 0 Å². The molecule has 41 heavy (non-hydrogen) atoms. The summed E-state index contributed by atoms with van der Waals surface area (Å²) in [6.07, 6.45) is 16.9. The van der Waals surface area contributed by atoms with Crippen molar-refractivity contribution in [3.8, 4) is 0 Å². The van der Waals surface area contributed by atoms with Crippen molar-refractivity contribution in [2.45, 2.75) is 75.2 Å². The number of carboxylic acids is 2. The molecule has 0 aliphatic heterocycles. The highest BCUT2D eigenvalue weighted by Crippen LogP contribution is 2.04. The van der Waals surface area contributed by atoms with Crippen LogP contribution in [0.15, 0.2) is 91.3 Å². The Kier molecular flexibility index (Phi) is 43.3. The third-order valence-electron chi connectivity index (χ3n) is 3.96. The van der Waals surface area contributed by atoms with Crippen LogP contribution in [0.1, 0.15) is 91.1 Å². The topological polar surface area (TPSA) is 110 Å². The summed E-state index contributed by atoms with van der Waals surface area (Å²) in [5.74, 6) is -1.49. The molecule has 1 aromatic carbocycles. The number of ether oxygens (including phenoxy) is 2. The molecule has 0 spiro atoms. The number of esters is 1. The summed E-state index contributed by atoms with van der Waals surface area (Å²) >= 11 is 0. The van der Waals surface area contributed by atoms with Crippen molar-refractivity contribution in [2.75, 3.05) is 13.7 Å². The number of hydrogen-bond donors (Lipinski definition) is 2. The summed E-state index contributed by atoms with van der Waals surface area (Å²) in [4.78, 5) is 30.7. The summed E-state index contributed by atoms with van der Waals surface area (Å²) in [6, 6.07) is 6.55. The first-order valence-electron chi connectivity index (χ1n) is 13.8. The van der Waals surface area contributed by atoms with Gasteiger partial charge >= 0.3 is 17.9 Å². The Labute approximate surface area is 249 Å². The van der Waals surface area contributed by atoms with Crippen LogP contribution in [0.25, 0.3) is 6.08 Å². The fraction of sp³-hybridized carbons (Fsp3) is 0.382. The Hall–Kier alpha value is -4.13. The van der Waals surface area contributed by atoms with Crippen molar-refractivity contribution in [3.63, 3.8) is 0 Å². The Morgan fingerprint density at radius 2 is 1.32 bits per heavy atom. The minimum atomic E-state index is -0.912. The molecule has 1 aliphatic carbocycles. The summed E-state index contributed by atoms with van der Waals surface area (Å²) in [5, 5.41) is 17.0. The normalized spacial score (nSPS) is 10.4. The molecular weight excluding hydrogens is 520 g/mol. The molecule has 0 atom stereocenters. The van der Waals surface area contributed by atoms with Gasteiger partial charge in [-0.2, -0.15) is 0 Å². The van der Waals surface area contributed by atoms with Crippen LogP contribution in [-0.4, -0.2) is 41.8 Å². The van der Waals surface area contributed by atoms with Gasteiger partial charge < -0.3 is 19.7 Å². The summed E-state index contributed by atoms with van der Waals surface area (Å²) < 4.78 is 9.24. The lowest BCUT2D eigenvalue weighted by Crippen LogP contribution is -1.97. The Morgan fingerprint density at radius 1 is 0.854 bits per heavy atom. The molecule has 7 nitrogen and oxygen atoms in total. The van der Waals surface area contributed by atoms with Gasteiger partial charge in [0.25, 0.3) is 0 Å². The molecule has 232 valence electrons. The molecule has 0 saturated carbocycles. The molecule has 2 N–H and O–H groups in total. The van der Waals surface area contributed by atoms with Gasteiger partial charge in [0, 0.05) is 11.6 Å². The molecule has 0 fully saturated rings. The van der Waals surface area contributed by atoms with Gasteiger partial charge in [-0.25, -0.2) is 14.4 Å². The summed E-state index contributed by atoms with van der Waals surface area (Å²) in [5.41, 5.74) is 1.52. The zero-order valence-electron chi connectivity index (χ0n) is 26.9. The van der Waals surface area contributed by atoms with E-state index < -0.39 is 11.9 Å². The number of aliphatic carboxylic acids is 1. The number of carbonyl (C=O) groups excluding carboxylic acids is 1. The van der Waals surface area contributed by atoms with Crippen molar-refractivity contribution in [1.82, 2.24) is 0 Å². The van der Waals surface area contributed by atoms with Crippen molar-refractivity contribution in [3.05, 3.63) is 102 Å². The minimum Gasteiger partial charge on any atom is -0.501 e. The minimum absolute atomic E-state index is 0.293. The van der Waals surface area contributed by atoms with E-state index in [-0.39, 0.29) is 5.97 Å². The zero-order valence-corrected chi connectivity index (χ0v) is 26.9. The smallest absolute Gasteiger partial charge is 0.335 e. The lowest BCUT2D eigenvalue weighted by atomic mass is 10.1. The largest absolute Gasteiger partial charge is 0.501 e. The zero-order chi connectivity index (χ0) is 33.1. The second-order valence-corrected chi connectivity index (χ2v) is 6.66. The monoisotopic (exact) mass is 574 g/mol. The van der Waals surface area contributed by atoms with Crippen LogP contribution in [-0.2, 0) is 19.1 Å². The molecule has 1 aromatic rings. The number of methoxy groups -OCH3 is 1. The number of aromatic carboxylic acids is 1. The van der Waals surface area contributed by atoms with Crippen LogP contribution in [0.2, 0.25) is 0 Å². The van der Waals surface area contributed by atoms with Crippen LogP contribution in [0.3, 0.4) is 0 Å². The van der Waals surface area contributed by atoms with E-state index >= 15 is 0 Å². The van der Waals surface area contributed by atoms with Crippen LogP contribution < -0.4 is 0 Å². The molecule has 0 bridgehead atoms. The van der Waals surface area contributed by atoms with Gasteiger partial charge in [-0.3, -0.25) is 0 Å². The maximum Gasteiger partial charge on any atom is 0.335 e. The average molecular weight is 575 g/mol. The molecule has 0 radical (unpaired) electrons. The van der Waals surface area contributed by atoms with Crippen molar-refractivity contribution in [1.29, 1.82) is 0 Å². The van der Waals surface area contributed by atoms with E-state index in [1.807, 2.05) is 41.5 Å². The molecule has 2 rings (SSSR count). The van der Waals surface area contributed by atoms with E-state index in [9.17, 15) is 14.4 Å². The van der Waals surface area contributed by atoms with Gasteiger partial charge in [0.05, 0.1) is 25.0 Å². The van der Waals surface area contributed by atoms with Crippen LogP contribution >= 0.6 is 0 Å². The Bertz CT molecular complexity index is 907. The predicted molar refractivity (Wildman–Crippen MR) is 174 cm³/mol. The number of hydrogen-bond acceptors (Lipinski definition) is 5. The quantitative estimate of drug-likeness (QED) is 0.144. The number of rotatable bonds is 7. The molecular formula is C34H54O7. The maximum absolute atomic E-state index is 10.4. The number of allylic oxidation sites excluding steroid dienone is 7. The van der Waals surface area contributed by atoms with E-state index in [1.54, 1.807) is 50.3 Å². The fourth-order valence-electron chi connectivity index (χ4n) is 1.89. The van der Waals surface area contributed by atoms with Crippen LogP contribution in [0.4, 0.5) is 0 Å². The van der Waals surface area contributed by atoms with Gasteiger partial charge in [-0.05, 0) is 63.5 Å². The van der Waals surface area contributed by atoms with E-state index in [1.165, 1.54) is 33.0 Å². The number of benzene rings is 1. The van der Waals surface area contributed by atoms with Crippen LogP contribution in [0.5, 0.6) is 0 Å². The second kappa shape index (κ2) is 38.0. The molecule has 0 saturated heterocycles. The number of carboxylic acid groups (broad SMARTS) is 2. The fourth-order valence-corrected chi connectivity index (χ4v) is 1.89. The Balaban J connectivity index is -0.000000135.